The Hall–Kier alpha value is -8.93. The second-order valence-corrected chi connectivity index (χ2v) is 21.1. The van der Waals surface area contributed by atoms with Gasteiger partial charge in [-0.3, -0.25) is 29.2 Å². The summed E-state index contributed by atoms with van der Waals surface area (Å²) < 4.78 is 64.8. The van der Waals surface area contributed by atoms with Gasteiger partial charge in [0.25, 0.3) is 5.91 Å². The van der Waals surface area contributed by atoms with Gasteiger partial charge in [-0.1, -0.05) is 118 Å². The maximum absolute atomic E-state index is 13.1. The van der Waals surface area contributed by atoms with Crippen LogP contribution in [0.3, 0.4) is 0 Å². The zero-order chi connectivity index (χ0) is 62.3. The van der Waals surface area contributed by atoms with Gasteiger partial charge in [0.1, 0.15) is 54.4 Å². The zero-order valence-corrected chi connectivity index (χ0v) is 50.2. The number of nitrogens with two attached hydrogens (primary N) is 1. The summed E-state index contributed by atoms with van der Waals surface area (Å²) in [6.45, 7) is 6.03. The summed E-state index contributed by atoms with van der Waals surface area (Å²) in [5, 5.41) is 10.3. The fourth-order valence-corrected chi connectivity index (χ4v) is 9.53. The third kappa shape index (κ3) is 20.1. The van der Waals surface area contributed by atoms with E-state index in [1.807, 2.05) is 93.6 Å². The Kier molecular flexibility index (Phi) is 25.8. The summed E-state index contributed by atoms with van der Waals surface area (Å²) in [5.74, 6) is -4.74. The molecule has 0 bridgehead atoms. The van der Waals surface area contributed by atoms with Crippen LogP contribution < -0.4 is 11.2 Å². The molecule has 0 saturated heterocycles. The number of Topliss-reactive ketones (excluding diaryl/α,β-unsaturated/α-hetero) is 2. The van der Waals surface area contributed by atoms with E-state index in [0.29, 0.717) is 43.0 Å². The maximum Gasteiger partial charge on any atom is 0.350 e. The number of ether oxygens (including phenoxy) is 3. The molecule has 0 aliphatic heterocycles. The predicted octanol–water partition coefficient (Wildman–Crippen LogP) is 13.9. The first-order valence-corrected chi connectivity index (χ1v) is 28.0. The van der Waals surface area contributed by atoms with Gasteiger partial charge < -0.3 is 19.9 Å². The van der Waals surface area contributed by atoms with Crippen LogP contribution in [-0.2, 0) is 23.8 Å². The normalized spacial score (nSPS) is 10.5. The predicted molar refractivity (Wildman–Crippen MR) is 326 cm³/mol. The van der Waals surface area contributed by atoms with E-state index in [9.17, 15) is 46.3 Å². The van der Waals surface area contributed by atoms with Gasteiger partial charge in [0, 0.05) is 38.9 Å². The minimum absolute atomic E-state index is 0.253. The van der Waals surface area contributed by atoms with Gasteiger partial charge in [0.2, 0.25) is 0 Å². The summed E-state index contributed by atoms with van der Waals surface area (Å²) in [4.78, 5) is 77.8. The zero-order valence-electron chi connectivity index (χ0n) is 46.2. The van der Waals surface area contributed by atoms with Crippen molar-refractivity contribution in [2.75, 3.05) is 21.3 Å². The number of hydroxylamine groups is 1. The molecule has 7 aromatic carbocycles. The van der Waals surface area contributed by atoms with Crippen LogP contribution in [0, 0.1) is 44.0 Å². The van der Waals surface area contributed by atoms with Gasteiger partial charge in [-0.2, -0.15) is 0 Å². The number of thiocarbonyl (C=S) groups is 1. The number of carbonyl (C=O) groups excluding carboxylic acids is 6. The van der Waals surface area contributed by atoms with Crippen LogP contribution in [0.4, 0.5) is 17.6 Å². The molecule has 0 fully saturated rings. The third-order valence-electron chi connectivity index (χ3n) is 11.6. The van der Waals surface area contributed by atoms with Gasteiger partial charge in [-0.25, -0.2) is 37.8 Å². The molecule has 0 spiro atoms. The number of nitrogens with zero attached hydrogens (tertiary/aromatic N) is 2. The number of hydrogen-bond donors (Lipinski definition) is 3. The van der Waals surface area contributed by atoms with Crippen LogP contribution in [0.5, 0.6) is 0 Å². The van der Waals surface area contributed by atoms with E-state index < -0.39 is 46.1 Å². The van der Waals surface area contributed by atoms with Crippen molar-refractivity contribution in [1.29, 1.82) is 0 Å². The van der Waals surface area contributed by atoms with Gasteiger partial charge in [-0.15, -0.1) is 22.7 Å². The number of ketones is 2. The van der Waals surface area contributed by atoms with Crippen LogP contribution in [0.1, 0.15) is 68.7 Å². The lowest BCUT2D eigenvalue weighted by Gasteiger charge is -2.06. The smallest absolute Gasteiger partial charge is 0.350 e. The van der Waals surface area contributed by atoms with Crippen LogP contribution in [0.25, 0.3) is 43.7 Å². The summed E-state index contributed by atoms with van der Waals surface area (Å²) in [7, 11) is 3.73. The highest BCUT2D eigenvalue weighted by atomic mass is 79.9. The number of hydrogen-bond acceptors (Lipinski definition) is 15. The minimum atomic E-state index is -1.05. The molecule has 438 valence electrons. The molecule has 4 N–H and O–H groups in total. The summed E-state index contributed by atoms with van der Waals surface area (Å²) >= 11 is 10.1. The number of methoxy groups -OCH3 is 3. The molecule has 0 aliphatic rings. The number of halogens is 5. The van der Waals surface area contributed by atoms with Crippen LogP contribution in [0.2, 0.25) is 0 Å². The Bertz CT molecular complexity index is 3590. The summed E-state index contributed by atoms with van der Waals surface area (Å²) in [5.41, 5.74) is 16.0. The van der Waals surface area contributed by atoms with E-state index in [1.54, 1.807) is 29.7 Å². The molecular formula is C63H53BrF4N4O10S3. The SMILES string of the molecule is COC(=O)C(Br)C(=O)c1ccc(F)cc1.COC(=O)CC(=O)c1ccc(F)cc1.COC(=O)c1sc(-c2ccc(C)cc2)nc1-c1ccc(F)cc1.Cc1ccc(-c2nc(-c3ccc(F)cc3)c(C(=O)NO)s2)cc1.Cc1ccc(C(N)=S)cc1. The number of aryl methyl sites for hydroxylation is 3. The van der Waals surface area contributed by atoms with Crippen LogP contribution >= 0.6 is 50.8 Å². The molecule has 0 radical (unpaired) electrons. The number of thiazole rings is 2. The number of nitrogens with one attached hydrogen (secondary N) is 1. The lowest BCUT2D eigenvalue weighted by molar-refractivity contribution is -0.140. The molecule has 2 aromatic heterocycles. The fraction of sp³-hybridized carbons (Fsp3) is 0.127. The minimum Gasteiger partial charge on any atom is -0.469 e. The molecule has 0 aliphatic carbocycles. The van der Waals surface area contributed by atoms with Crippen molar-refractivity contribution in [2.24, 2.45) is 5.73 Å². The Morgan fingerprint density at radius 3 is 1.26 bits per heavy atom. The molecular weight excluding hydrogens is 1220 g/mol. The Morgan fingerprint density at radius 2 is 0.882 bits per heavy atom. The first kappa shape index (κ1) is 66.9. The summed E-state index contributed by atoms with van der Waals surface area (Å²) in [6.07, 6.45) is -0.317. The van der Waals surface area contributed by atoms with Crippen molar-refractivity contribution >= 4 is 91.2 Å². The van der Waals surface area contributed by atoms with Gasteiger partial charge >= 0.3 is 17.9 Å². The van der Waals surface area contributed by atoms with Gasteiger partial charge in [0.15, 0.2) is 16.4 Å². The number of amides is 1. The highest BCUT2D eigenvalue weighted by molar-refractivity contribution is 9.10. The van der Waals surface area contributed by atoms with Crippen molar-refractivity contribution in [3.05, 3.63) is 236 Å². The Balaban J connectivity index is 0.000000200. The second-order valence-electron chi connectivity index (χ2n) is 17.7. The fourth-order valence-electron chi connectivity index (χ4n) is 6.95. The van der Waals surface area contributed by atoms with E-state index in [0.717, 1.165) is 45.0 Å². The Labute approximate surface area is 508 Å². The molecule has 1 atom stereocenters. The number of benzene rings is 7. The van der Waals surface area contributed by atoms with E-state index in [4.69, 9.17) is 27.9 Å². The van der Waals surface area contributed by atoms with Gasteiger partial charge in [0.05, 0.1) is 32.7 Å². The molecule has 9 aromatic rings. The van der Waals surface area contributed by atoms with Crippen molar-refractivity contribution in [3.8, 4) is 43.7 Å². The highest BCUT2D eigenvalue weighted by Crippen LogP contribution is 2.36. The van der Waals surface area contributed by atoms with Crippen LogP contribution in [-0.4, -0.2) is 81.7 Å². The standard InChI is InChI=1S/C18H14FNO2S.C17H13FN2O2S.C10H8BrFO3.C10H9FO3.C8H9NS/c1-11-3-5-13(6-4-11)17-20-15(16(23-17)18(21)22-2)12-7-9-14(19)10-8-12;1-10-2-4-12(5-3-10)17-19-14(15(23-17)16(21)20-22)11-6-8-13(18)9-7-11;1-15-10(14)8(11)9(13)6-2-4-7(12)5-3-6;1-14-10(13)6-9(12)7-2-4-8(11)5-3-7;1-6-2-4-7(5-3-6)8(9)10/h3-10H,1-2H3;2-9,22H,1H3,(H,20,21);2-5,8H,1H3;2-5H,6H2,1H3;2-5H,1H3,(H2,9,10). The maximum atomic E-state index is 13.1. The van der Waals surface area contributed by atoms with Crippen molar-refractivity contribution in [2.45, 2.75) is 32.0 Å². The highest BCUT2D eigenvalue weighted by Gasteiger charge is 2.26. The van der Waals surface area contributed by atoms with Crippen LogP contribution in [0.15, 0.2) is 170 Å². The van der Waals surface area contributed by atoms with E-state index >= 15 is 0 Å². The molecule has 1 amide bonds. The van der Waals surface area contributed by atoms with E-state index in [1.165, 1.54) is 110 Å². The largest absolute Gasteiger partial charge is 0.469 e. The molecule has 85 heavy (non-hydrogen) atoms. The molecule has 1 unspecified atom stereocenters. The van der Waals surface area contributed by atoms with Crippen molar-refractivity contribution in [3.63, 3.8) is 0 Å². The third-order valence-corrected chi connectivity index (χ3v) is 14.8. The number of esters is 3. The molecule has 2 heterocycles. The lowest BCUT2D eigenvalue weighted by atomic mass is 10.1. The van der Waals surface area contributed by atoms with E-state index in [2.05, 4.69) is 35.4 Å². The monoisotopic (exact) mass is 1280 g/mol. The number of aromatic nitrogens is 2. The van der Waals surface area contributed by atoms with E-state index in [-0.39, 0.29) is 34.3 Å². The lowest BCUT2D eigenvalue weighted by Crippen LogP contribution is -2.25. The Morgan fingerprint density at radius 1 is 0.529 bits per heavy atom. The molecule has 0 saturated carbocycles. The average molecular weight is 1280 g/mol. The number of carbonyl (C=O) groups is 6. The first-order chi connectivity index (χ1) is 40.5. The summed E-state index contributed by atoms with van der Waals surface area (Å²) in [6, 6.07) is 45.1. The van der Waals surface area contributed by atoms with Crippen molar-refractivity contribution in [1.82, 2.24) is 15.4 Å². The topological polar surface area (TPSA) is 214 Å². The molecule has 14 nitrogen and oxygen atoms in total. The second kappa shape index (κ2) is 32.8. The molecule has 9 rings (SSSR count). The average Bonchev–Trinajstić information content (AvgIpc) is 3.40. The quantitative estimate of drug-likeness (QED) is 0.0113. The molecule has 22 heteroatoms. The van der Waals surface area contributed by atoms with Crippen molar-refractivity contribution < 1.29 is 65.7 Å². The first-order valence-electron chi connectivity index (χ1n) is 25.0. The van der Waals surface area contributed by atoms with Gasteiger partial charge in [-0.05, 0) is 118 Å². The number of alkyl halides is 1. The number of rotatable bonds is 13.